The number of amides is 2. The fourth-order valence-corrected chi connectivity index (χ4v) is 3.22. The van der Waals surface area contributed by atoms with E-state index in [1.807, 2.05) is 70.2 Å². The summed E-state index contributed by atoms with van der Waals surface area (Å²) in [5.74, 6) is 0.566. The minimum absolute atomic E-state index is 0.130. The van der Waals surface area contributed by atoms with Crippen molar-refractivity contribution in [2.24, 2.45) is 5.92 Å². The van der Waals surface area contributed by atoms with Crippen LogP contribution in [0.3, 0.4) is 0 Å². The molecule has 0 fully saturated rings. The molecule has 0 aliphatic heterocycles. The molecule has 0 aliphatic rings. The normalized spacial score (nSPS) is 11.8. The van der Waals surface area contributed by atoms with Crippen molar-refractivity contribution in [2.75, 3.05) is 13.2 Å². The van der Waals surface area contributed by atoms with Crippen LogP contribution in [0.2, 0.25) is 0 Å². The summed E-state index contributed by atoms with van der Waals surface area (Å²) >= 11 is 3.46. The van der Waals surface area contributed by atoms with Gasteiger partial charge in [0.05, 0.1) is 0 Å². The van der Waals surface area contributed by atoms with Crippen LogP contribution in [0.1, 0.15) is 37.5 Å². The van der Waals surface area contributed by atoms with Crippen molar-refractivity contribution in [3.63, 3.8) is 0 Å². The Morgan fingerprint density at radius 2 is 1.83 bits per heavy atom. The summed E-state index contributed by atoms with van der Waals surface area (Å²) in [6, 6.07) is 12.9. The number of carbonyl (C=O) groups is 2. The van der Waals surface area contributed by atoms with Crippen molar-refractivity contribution < 1.29 is 14.3 Å². The highest BCUT2D eigenvalue weighted by molar-refractivity contribution is 9.10. The SMILES string of the molecule is Cc1cccc(CN(C(=O)COc2ccc(Br)c(C)c2)[C@H](C)C(=O)NCC(C)C)c1. The molecule has 5 nitrogen and oxygen atoms in total. The highest BCUT2D eigenvalue weighted by Crippen LogP contribution is 2.22. The minimum Gasteiger partial charge on any atom is -0.484 e. The number of halogens is 1. The van der Waals surface area contributed by atoms with Gasteiger partial charge in [-0.05, 0) is 56.0 Å². The van der Waals surface area contributed by atoms with E-state index in [-0.39, 0.29) is 18.4 Å². The molecule has 2 aromatic rings. The van der Waals surface area contributed by atoms with Gasteiger partial charge in [-0.2, -0.15) is 0 Å². The van der Waals surface area contributed by atoms with Crippen LogP contribution in [0.5, 0.6) is 5.75 Å². The van der Waals surface area contributed by atoms with Crippen LogP contribution in [-0.2, 0) is 16.1 Å². The van der Waals surface area contributed by atoms with Gasteiger partial charge in [-0.15, -0.1) is 0 Å². The monoisotopic (exact) mass is 474 g/mol. The Hall–Kier alpha value is -2.34. The summed E-state index contributed by atoms with van der Waals surface area (Å²) in [5, 5.41) is 2.92. The lowest BCUT2D eigenvalue weighted by Crippen LogP contribution is -2.49. The van der Waals surface area contributed by atoms with Gasteiger partial charge >= 0.3 is 0 Å². The molecule has 1 N–H and O–H groups in total. The smallest absolute Gasteiger partial charge is 0.261 e. The fourth-order valence-electron chi connectivity index (χ4n) is 2.98. The highest BCUT2D eigenvalue weighted by Gasteiger charge is 2.26. The first-order valence-electron chi connectivity index (χ1n) is 10.2. The Morgan fingerprint density at radius 3 is 2.47 bits per heavy atom. The van der Waals surface area contributed by atoms with Crippen molar-refractivity contribution in [2.45, 2.75) is 47.2 Å². The maximum Gasteiger partial charge on any atom is 0.261 e. The van der Waals surface area contributed by atoms with E-state index in [0.29, 0.717) is 24.8 Å². The number of hydrogen-bond acceptors (Lipinski definition) is 3. The second kappa shape index (κ2) is 11.2. The molecule has 0 saturated carbocycles. The van der Waals surface area contributed by atoms with Gasteiger partial charge in [-0.1, -0.05) is 59.6 Å². The van der Waals surface area contributed by atoms with Gasteiger partial charge in [0.2, 0.25) is 5.91 Å². The van der Waals surface area contributed by atoms with Crippen LogP contribution in [0.25, 0.3) is 0 Å². The third-order valence-electron chi connectivity index (χ3n) is 4.78. The second-order valence-corrected chi connectivity index (χ2v) is 8.88. The van der Waals surface area contributed by atoms with Crippen molar-refractivity contribution in [3.8, 4) is 5.75 Å². The Kier molecular flexibility index (Phi) is 8.90. The van der Waals surface area contributed by atoms with Crippen LogP contribution >= 0.6 is 15.9 Å². The number of benzene rings is 2. The Labute approximate surface area is 187 Å². The second-order valence-electron chi connectivity index (χ2n) is 8.03. The lowest BCUT2D eigenvalue weighted by molar-refractivity contribution is -0.142. The van der Waals surface area contributed by atoms with Crippen LogP contribution < -0.4 is 10.1 Å². The Bertz CT molecular complexity index is 883. The maximum absolute atomic E-state index is 13.1. The predicted molar refractivity (Wildman–Crippen MR) is 123 cm³/mol. The third kappa shape index (κ3) is 7.17. The molecule has 0 bridgehead atoms. The summed E-state index contributed by atoms with van der Waals surface area (Å²) < 4.78 is 6.71. The zero-order chi connectivity index (χ0) is 22.3. The molecule has 0 spiro atoms. The topological polar surface area (TPSA) is 58.6 Å². The number of hydrogen-bond donors (Lipinski definition) is 1. The standard InChI is InChI=1S/C24H31BrN2O3/c1-16(2)13-26-24(29)19(5)27(14-20-8-6-7-17(3)11-20)23(28)15-30-21-9-10-22(25)18(4)12-21/h6-12,16,19H,13-15H2,1-5H3,(H,26,29)/t19-/m1/s1. The van der Waals surface area contributed by atoms with Crippen molar-refractivity contribution in [1.29, 1.82) is 0 Å². The lowest BCUT2D eigenvalue weighted by atomic mass is 10.1. The van der Waals surface area contributed by atoms with E-state index in [4.69, 9.17) is 4.74 Å². The van der Waals surface area contributed by atoms with Crippen molar-refractivity contribution in [1.82, 2.24) is 10.2 Å². The first kappa shape index (κ1) is 23.9. The van der Waals surface area contributed by atoms with E-state index in [9.17, 15) is 9.59 Å². The van der Waals surface area contributed by atoms with Gasteiger partial charge in [0.1, 0.15) is 11.8 Å². The van der Waals surface area contributed by atoms with Crippen molar-refractivity contribution >= 4 is 27.7 Å². The average molecular weight is 475 g/mol. The molecule has 0 saturated heterocycles. The van der Waals surface area contributed by atoms with Crippen LogP contribution in [0.4, 0.5) is 0 Å². The van der Waals surface area contributed by atoms with Crippen molar-refractivity contribution in [3.05, 3.63) is 63.6 Å². The number of nitrogens with zero attached hydrogens (tertiary/aromatic N) is 1. The highest BCUT2D eigenvalue weighted by atomic mass is 79.9. The zero-order valence-corrected chi connectivity index (χ0v) is 20.0. The molecule has 0 radical (unpaired) electrons. The molecule has 2 rings (SSSR count). The summed E-state index contributed by atoms with van der Waals surface area (Å²) in [6.07, 6.45) is 0. The number of rotatable bonds is 9. The zero-order valence-electron chi connectivity index (χ0n) is 18.4. The average Bonchev–Trinajstić information content (AvgIpc) is 2.70. The molecule has 0 aromatic heterocycles. The van der Waals surface area contributed by atoms with E-state index in [1.54, 1.807) is 11.8 Å². The number of carbonyl (C=O) groups excluding carboxylic acids is 2. The van der Waals surface area contributed by atoms with Gasteiger partial charge < -0.3 is 15.0 Å². The summed E-state index contributed by atoms with van der Waals surface area (Å²) in [6.45, 7) is 10.6. The van der Waals surface area contributed by atoms with E-state index in [1.165, 1.54) is 0 Å². The molecule has 30 heavy (non-hydrogen) atoms. The first-order chi connectivity index (χ1) is 14.2. The largest absolute Gasteiger partial charge is 0.484 e. The molecular formula is C24H31BrN2O3. The van der Waals surface area contributed by atoms with Gasteiger partial charge in [0, 0.05) is 17.6 Å². The van der Waals surface area contributed by atoms with Crippen LogP contribution in [-0.4, -0.2) is 35.9 Å². The van der Waals surface area contributed by atoms with Gasteiger partial charge in [0.25, 0.3) is 5.91 Å². The van der Waals surface area contributed by atoms with E-state index in [0.717, 1.165) is 21.2 Å². The first-order valence-corrected chi connectivity index (χ1v) is 11.0. The molecule has 0 unspecified atom stereocenters. The minimum atomic E-state index is -0.605. The van der Waals surface area contributed by atoms with Crippen LogP contribution in [0, 0.1) is 19.8 Å². The summed E-state index contributed by atoms with van der Waals surface area (Å²) in [5.41, 5.74) is 3.11. The molecule has 162 valence electrons. The molecule has 6 heteroatoms. The number of aryl methyl sites for hydroxylation is 2. The molecule has 1 atom stereocenters. The molecule has 0 heterocycles. The Morgan fingerprint density at radius 1 is 1.10 bits per heavy atom. The molecule has 2 amide bonds. The van der Waals surface area contributed by atoms with Gasteiger partial charge in [0.15, 0.2) is 6.61 Å². The predicted octanol–water partition coefficient (Wildman–Crippen LogP) is 4.63. The third-order valence-corrected chi connectivity index (χ3v) is 5.67. The van der Waals surface area contributed by atoms with E-state index < -0.39 is 6.04 Å². The summed E-state index contributed by atoms with van der Waals surface area (Å²) in [7, 11) is 0. The molecular weight excluding hydrogens is 444 g/mol. The van der Waals surface area contributed by atoms with Gasteiger partial charge in [-0.3, -0.25) is 9.59 Å². The van der Waals surface area contributed by atoms with Gasteiger partial charge in [-0.25, -0.2) is 0 Å². The quantitative estimate of drug-likeness (QED) is 0.575. The lowest BCUT2D eigenvalue weighted by Gasteiger charge is -2.29. The molecule has 2 aromatic carbocycles. The van der Waals surface area contributed by atoms with E-state index in [2.05, 4.69) is 21.2 Å². The Balaban J connectivity index is 2.14. The summed E-state index contributed by atoms with van der Waals surface area (Å²) in [4.78, 5) is 27.3. The number of ether oxygens (including phenoxy) is 1. The maximum atomic E-state index is 13.1. The fraction of sp³-hybridized carbons (Fsp3) is 0.417. The van der Waals surface area contributed by atoms with E-state index >= 15 is 0 Å². The van der Waals surface area contributed by atoms with Crippen LogP contribution in [0.15, 0.2) is 46.9 Å². The molecule has 0 aliphatic carbocycles. The number of nitrogens with one attached hydrogen (secondary N) is 1.